The summed E-state index contributed by atoms with van der Waals surface area (Å²) in [7, 11) is 0. The third kappa shape index (κ3) is 1.20. The zero-order valence-electron chi connectivity index (χ0n) is 5.46. The SMILES string of the molecule is Brc1ccc2c(cnn2Br)c1. The molecule has 0 unspecified atom stereocenters. The van der Waals surface area contributed by atoms with Gasteiger partial charge in [-0.05, 0) is 18.2 Å². The number of rotatable bonds is 0. The molecule has 2 aromatic rings. The molecule has 0 aliphatic carbocycles. The number of hydrogen-bond donors (Lipinski definition) is 0. The summed E-state index contributed by atoms with van der Waals surface area (Å²) in [4.78, 5) is 0. The highest BCUT2D eigenvalue weighted by atomic mass is 79.9. The van der Waals surface area contributed by atoms with E-state index < -0.39 is 0 Å². The lowest BCUT2D eigenvalue weighted by Crippen LogP contribution is -1.78. The maximum atomic E-state index is 4.05. The van der Waals surface area contributed by atoms with Gasteiger partial charge in [0.1, 0.15) is 0 Å². The van der Waals surface area contributed by atoms with Crippen molar-refractivity contribution in [3.8, 4) is 0 Å². The van der Waals surface area contributed by atoms with Crippen LogP contribution in [0.15, 0.2) is 28.9 Å². The number of benzene rings is 1. The molecule has 11 heavy (non-hydrogen) atoms. The zero-order valence-corrected chi connectivity index (χ0v) is 8.63. The van der Waals surface area contributed by atoms with Crippen LogP contribution in [0.3, 0.4) is 0 Å². The average molecular weight is 276 g/mol. The van der Waals surface area contributed by atoms with Gasteiger partial charge < -0.3 is 0 Å². The van der Waals surface area contributed by atoms with E-state index in [9.17, 15) is 0 Å². The van der Waals surface area contributed by atoms with E-state index in [2.05, 4.69) is 37.2 Å². The smallest absolute Gasteiger partial charge is 0.0813 e. The van der Waals surface area contributed by atoms with Crippen LogP contribution < -0.4 is 0 Å². The molecule has 0 saturated heterocycles. The lowest BCUT2D eigenvalue weighted by atomic mass is 10.3. The number of halogens is 2. The summed E-state index contributed by atoms with van der Waals surface area (Å²) in [6.45, 7) is 0. The average Bonchev–Trinajstić information content (AvgIpc) is 2.32. The van der Waals surface area contributed by atoms with Crippen molar-refractivity contribution in [2.45, 2.75) is 0 Å². The molecule has 0 atom stereocenters. The number of hydrogen-bond acceptors (Lipinski definition) is 1. The molecule has 0 aliphatic heterocycles. The Kier molecular flexibility index (Phi) is 1.73. The van der Waals surface area contributed by atoms with E-state index >= 15 is 0 Å². The fraction of sp³-hybridized carbons (Fsp3) is 0. The quantitative estimate of drug-likeness (QED) is 0.723. The topological polar surface area (TPSA) is 17.8 Å². The molecular weight excluding hydrogens is 272 g/mol. The lowest BCUT2D eigenvalue weighted by Gasteiger charge is -1.91. The molecule has 4 heteroatoms. The van der Waals surface area contributed by atoms with Gasteiger partial charge in [-0.25, -0.2) is 0 Å². The van der Waals surface area contributed by atoms with Gasteiger partial charge in [-0.2, -0.15) is 8.81 Å². The van der Waals surface area contributed by atoms with Gasteiger partial charge in [-0.3, -0.25) is 0 Å². The van der Waals surface area contributed by atoms with Crippen molar-refractivity contribution in [2.75, 3.05) is 0 Å². The zero-order chi connectivity index (χ0) is 7.84. The minimum atomic E-state index is 1.07. The largest absolute Gasteiger partial charge is 0.197 e. The number of aromatic nitrogens is 2. The summed E-state index contributed by atoms with van der Waals surface area (Å²) in [6, 6.07) is 6.02. The Hall–Kier alpha value is -0.350. The van der Waals surface area contributed by atoms with E-state index in [1.165, 1.54) is 0 Å². The normalized spacial score (nSPS) is 10.7. The van der Waals surface area contributed by atoms with Crippen molar-refractivity contribution >= 4 is 43.0 Å². The maximum Gasteiger partial charge on any atom is 0.0813 e. The van der Waals surface area contributed by atoms with E-state index in [0.29, 0.717) is 0 Å². The Morgan fingerprint density at radius 3 is 3.00 bits per heavy atom. The molecule has 0 bridgehead atoms. The first-order chi connectivity index (χ1) is 5.27. The molecule has 2 nitrogen and oxygen atoms in total. The van der Waals surface area contributed by atoms with Gasteiger partial charge >= 0.3 is 0 Å². The van der Waals surface area contributed by atoms with Gasteiger partial charge in [0.2, 0.25) is 0 Å². The van der Waals surface area contributed by atoms with Crippen molar-refractivity contribution < 1.29 is 0 Å². The fourth-order valence-electron chi connectivity index (χ4n) is 0.972. The van der Waals surface area contributed by atoms with Crippen molar-refractivity contribution in [2.24, 2.45) is 0 Å². The van der Waals surface area contributed by atoms with E-state index in [-0.39, 0.29) is 0 Å². The van der Waals surface area contributed by atoms with Gasteiger partial charge in [0, 0.05) is 9.86 Å². The Morgan fingerprint density at radius 2 is 2.18 bits per heavy atom. The van der Waals surface area contributed by atoms with Crippen molar-refractivity contribution in [3.05, 3.63) is 28.9 Å². The second-order valence-corrected chi connectivity index (χ2v) is 3.80. The maximum absolute atomic E-state index is 4.05. The summed E-state index contributed by atoms with van der Waals surface area (Å²) in [5.74, 6) is 0. The molecule has 1 heterocycles. The van der Waals surface area contributed by atoms with E-state index in [1.54, 1.807) is 3.71 Å². The highest BCUT2D eigenvalue weighted by Crippen LogP contribution is 2.19. The number of fused-ring (bicyclic) bond motifs is 1. The minimum absolute atomic E-state index is 1.07. The highest BCUT2D eigenvalue weighted by molar-refractivity contribution is 9.10. The highest BCUT2D eigenvalue weighted by Gasteiger charge is 1.98. The molecule has 0 amide bonds. The van der Waals surface area contributed by atoms with E-state index in [4.69, 9.17) is 0 Å². The first-order valence-corrected chi connectivity index (χ1v) is 4.57. The van der Waals surface area contributed by atoms with E-state index in [0.717, 1.165) is 15.4 Å². The molecular formula is C7H4Br2N2. The molecule has 1 aromatic heterocycles. The summed E-state index contributed by atoms with van der Waals surface area (Å²) in [5, 5.41) is 5.17. The summed E-state index contributed by atoms with van der Waals surface area (Å²) in [6.07, 6.45) is 1.81. The Balaban J connectivity index is 2.86. The predicted molar refractivity (Wildman–Crippen MR) is 51.8 cm³/mol. The summed E-state index contributed by atoms with van der Waals surface area (Å²) < 4.78 is 2.75. The molecule has 56 valence electrons. The first-order valence-electron chi connectivity index (χ1n) is 3.07. The molecule has 0 radical (unpaired) electrons. The van der Waals surface area contributed by atoms with Gasteiger partial charge in [0.05, 0.1) is 27.9 Å². The molecule has 0 N–H and O–H groups in total. The Bertz CT molecular complexity index is 394. The molecule has 0 spiro atoms. The summed E-state index contributed by atoms with van der Waals surface area (Å²) >= 11 is 6.67. The van der Waals surface area contributed by atoms with Crippen molar-refractivity contribution in [1.82, 2.24) is 8.81 Å². The first kappa shape index (κ1) is 7.31. The van der Waals surface area contributed by atoms with Crippen LogP contribution in [-0.4, -0.2) is 8.81 Å². The molecule has 0 aliphatic rings. The van der Waals surface area contributed by atoms with Crippen LogP contribution in [0.2, 0.25) is 0 Å². The van der Waals surface area contributed by atoms with Crippen LogP contribution in [0.5, 0.6) is 0 Å². The van der Waals surface area contributed by atoms with E-state index in [1.807, 2.05) is 24.4 Å². The van der Waals surface area contributed by atoms with Crippen LogP contribution in [-0.2, 0) is 0 Å². The molecule has 0 fully saturated rings. The van der Waals surface area contributed by atoms with Gasteiger partial charge in [-0.15, -0.1) is 0 Å². The van der Waals surface area contributed by atoms with Gasteiger partial charge in [-0.1, -0.05) is 15.9 Å². The number of nitrogens with zero attached hydrogens (tertiary/aromatic N) is 2. The van der Waals surface area contributed by atoms with Gasteiger partial charge in [0.25, 0.3) is 0 Å². The van der Waals surface area contributed by atoms with Crippen LogP contribution in [0.4, 0.5) is 0 Å². The fourth-order valence-corrected chi connectivity index (χ4v) is 1.77. The third-order valence-electron chi connectivity index (χ3n) is 1.49. The standard InChI is InChI=1S/C7H4Br2N2/c8-6-1-2-7-5(3-6)4-10-11(7)9/h1-4H. The van der Waals surface area contributed by atoms with Crippen LogP contribution in [0.1, 0.15) is 0 Å². The van der Waals surface area contributed by atoms with Crippen molar-refractivity contribution in [1.29, 1.82) is 0 Å². The Morgan fingerprint density at radius 1 is 1.36 bits per heavy atom. The van der Waals surface area contributed by atoms with Gasteiger partial charge in [0.15, 0.2) is 0 Å². The summed E-state index contributed by atoms with van der Waals surface area (Å²) in [5.41, 5.74) is 1.08. The van der Waals surface area contributed by atoms with Crippen molar-refractivity contribution in [3.63, 3.8) is 0 Å². The van der Waals surface area contributed by atoms with Crippen LogP contribution in [0, 0.1) is 0 Å². The van der Waals surface area contributed by atoms with Crippen LogP contribution >= 0.6 is 32.1 Å². The molecule has 1 aromatic carbocycles. The molecule has 0 saturated carbocycles. The molecule has 2 rings (SSSR count). The third-order valence-corrected chi connectivity index (χ3v) is 2.55. The Labute approximate surface area is 80.7 Å². The second-order valence-electron chi connectivity index (χ2n) is 2.21. The van der Waals surface area contributed by atoms with Crippen LogP contribution in [0.25, 0.3) is 10.9 Å². The minimum Gasteiger partial charge on any atom is -0.197 e. The predicted octanol–water partition coefficient (Wildman–Crippen LogP) is 2.96. The lowest BCUT2D eigenvalue weighted by molar-refractivity contribution is 1.06. The second kappa shape index (κ2) is 2.60. The monoisotopic (exact) mass is 274 g/mol.